The summed E-state index contributed by atoms with van der Waals surface area (Å²) < 4.78 is 0.638. The van der Waals surface area contributed by atoms with Gasteiger partial charge in [0.25, 0.3) is 0 Å². The maximum atomic E-state index is 11.5. The Bertz CT molecular complexity index is 480. The van der Waals surface area contributed by atoms with Gasteiger partial charge in [0.2, 0.25) is 5.78 Å². The van der Waals surface area contributed by atoms with Crippen LogP contribution in [0.15, 0.2) is 21.6 Å². The number of Topliss-reactive ketones (excluding diaryl/α,β-unsaturated/α-hetero) is 1. The van der Waals surface area contributed by atoms with E-state index in [4.69, 9.17) is 23.2 Å². The topological polar surface area (TPSA) is 37.3 Å². The summed E-state index contributed by atoms with van der Waals surface area (Å²) in [5.41, 5.74) is 0.621. The number of rotatable bonds is 0. The number of allylic oxidation sites excluding steroid dienone is 1. The third kappa shape index (κ3) is 1.20. The fourth-order valence-corrected chi connectivity index (χ4v) is 2.44. The molecule has 0 saturated carbocycles. The molecule has 0 bridgehead atoms. The number of carbonyl (C=O) groups excluding carboxylic acids is 1. The zero-order chi connectivity index (χ0) is 10.5. The second-order valence-corrected chi connectivity index (χ2v) is 4.38. The standard InChI is InChI=1S/C9H3BrCl2O2/c10-3-1-2-4(13)6-5(3)7(11)8(12)9(6)14/h1-2,13H. The van der Waals surface area contributed by atoms with Crippen molar-refractivity contribution in [3.8, 4) is 5.75 Å². The molecule has 0 aliphatic heterocycles. The molecule has 1 aromatic carbocycles. The van der Waals surface area contributed by atoms with Gasteiger partial charge in [-0.05, 0) is 12.1 Å². The minimum absolute atomic E-state index is 0.0520. The Kier molecular flexibility index (Phi) is 2.33. The number of ketones is 1. The van der Waals surface area contributed by atoms with Crippen molar-refractivity contribution in [2.75, 3.05) is 0 Å². The maximum Gasteiger partial charge on any atom is 0.210 e. The molecule has 2 nitrogen and oxygen atoms in total. The highest BCUT2D eigenvalue weighted by Crippen LogP contribution is 2.44. The highest BCUT2D eigenvalue weighted by Gasteiger charge is 2.32. The Morgan fingerprint density at radius 1 is 1.14 bits per heavy atom. The molecule has 1 aliphatic carbocycles. The molecule has 0 heterocycles. The lowest BCUT2D eigenvalue weighted by atomic mass is 10.1. The lowest BCUT2D eigenvalue weighted by molar-refractivity contribution is 0.104. The van der Waals surface area contributed by atoms with Crippen LogP contribution in [0.4, 0.5) is 0 Å². The summed E-state index contributed by atoms with van der Waals surface area (Å²) in [6.07, 6.45) is 0. The van der Waals surface area contributed by atoms with Crippen molar-refractivity contribution in [2.45, 2.75) is 0 Å². The van der Waals surface area contributed by atoms with Gasteiger partial charge in [-0.15, -0.1) is 0 Å². The molecule has 0 fully saturated rings. The Balaban J connectivity index is 2.85. The molecule has 0 amide bonds. The summed E-state index contributed by atoms with van der Waals surface area (Å²) in [5, 5.41) is 9.60. The molecule has 1 N–H and O–H groups in total. The zero-order valence-electron chi connectivity index (χ0n) is 6.64. The molecule has 0 radical (unpaired) electrons. The van der Waals surface area contributed by atoms with E-state index >= 15 is 0 Å². The molecule has 5 heteroatoms. The van der Waals surface area contributed by atoms with Gasteiger partial charge >= 0.3 is 0 Å². The van der Waals surface area contributed by atoms with Crippen LogP contribution < -0.4 is 0 Å². The SMILES string of the molecule is O=C1C(Cl)=C(Cl)c2c(Br)ccc(O)c21. The van der Waals surface area contributed by atoms with E-state index in [1.807, 2.05) is 0 Å². The molecule has 72 valence electrons. The predicted octanol–water partition coefficient (Wildman–Crippen LogP) is 3.50. The smallest absolute Gasteiger partial charge is 0.210 e. The molecule has 0 unspecified atom stereocenters. The molecule has 0 atom stereocenters. The molecule has 14 heavy (non-hydrogen) atoms. The number of halogens is 3. The first-order chi connectivity index (χ1) is 6.54. The maximum absolute atomic E-state index is 11.5. The van der Waals surface area contributed by atoms with Crippen LogP contribution in [0.3, 0.4) is 0 Å². The van der Waals surface area contributed by atoms with Crippen molar-refractivity contribution >= 4 is 49.9 Å². The Morgan fingerprint density at radius 3 is 2.36 bits per heavy atom. The van der Waals surface area contributed by atoms with Gasteiger partial charge in [0.15, 0.2) is 0 Å². The van der Waals surface area contributed by atoms with Crippen LogP contribution in [-0.4, -0.2) is 10.9 Å². The van der Waals surface area contributed by atoms with Gasteiger partial charge in [-0.1, -0.05) is 39.1 Å². The molecule has 0 aromatic heterocycles. The molecule has 0 saturated heterocycles. The minimum atomic E-state index is -0.439. The van der Waals surface area contributed by atoms with E-state index in [2.05, 4.69) is 15.9 Å². The van der Waals surface area contributed by atoms with Crippen LogP contribution in [0.2, 0.25) is 0 Å². The number of hydrogen-bond donors (Lipinski definition) is 1. The van der Waals surface area contributed by atoms with Crippen LogP contribution in [0.1, 0.15) is 15.9 Å². The number of phenols is 1. The first kappa shape index (κ1) is 10.0. The molecular weight excluding hydrogens is 291 g/mol. The van der Waals surface area contributed by atoms with Crippen LogP contribution in [0.25, 0.3) is 5.03 Å². The Labute approximate surface area is 98.3 Å². The zero-order valence-corrected chi connectivity index (χ0v) is 9.74. The average Bonchev–Trinajstić information content (AvgIpc) is 2.38. The van der Waals surface area contributed by atoms with E-state index < -0.39 is 5.78 Å². The van der Waals surface area contributed by atoms with Crippen LogP contribution in [0, 0.1) is 0 Å². The number of benzene rings is 1. The third-order valence-corrected chi connectivity index (χ3v) is 3.47. The predicted molar refractivity (Wildman–Crippen MR) is 58.8 cm³/mol. The largest absolute Gasteiger partial charge is 0.507 e. The van der Waals surface area contributed by atoms with Crippen molar-refractivity contribution in [3.63, 3.8) is 0 Å². The van der Waals surface area contributed by atoms with Crippen LogP contribution in [-0.2, 0) is 0 Å². The highest BCUT2D eigenvalue weighted by molar-refractivity contribution is 9.10. The van der Waals surface area contributed by atoms with Gasteiger partial charge in [0.05, 0.1) is 10.6 Å². The van der Waals surface area contributed by atoms with E-state index in [0.717, 1.165) is 0 Å². The van der Waals surface area contributed by atoms with E-state index in [9.17, 15) is 9.90 Å². The second-order valence-electron chi connectivity index (χ2n) is 2.77. The molecular formula is C9H3BrCl2O2. The summed E-state index contributed by atoms with van der Waals surface area (Å²) in [5.74, 6) is -0.549. The van der Waals surface area contributed by atoms with Crippen molar-refractivity contribution in [2.24, 2.45) is 0 Å². The lowest BCUT2D eigenvalue weighted by Gasteiger charge is -2.03. The van der Waals surface area contributed by atoms with Crippen molar-refractivity contribution in [1.82, 2.24) is 0 Å². The van der Waals surface area contributed by atoms with Gasteiger partial charge in [0, 0.05) is 10.0 Å². The number of phenolic OH excluding ortho intramolecular Hbond substituents is 1. The average molecular weight is 294 g/mol. The van der Waals surface area contributed by atoms with Crippen molar-refractivity contribution in [3.05, 3.63) is 32.8 Å². The fraction of sp³-hybridized carbons (Fsp3) is 0. The number of carbonyl (C=O) groups is 1. The minimum Gasteiger partial charge on any atom is -0.507 e. The number of aromatic hydroxyl groups is 1. The van der Waals surface area contributed by atoms with Crippen molar-refractivity contribution < 1.29 is 9.90 Å². The summed E-state index contributed by atoms with van der Waals surface area (Å²) in [6, 6.07) is 3.03. The number of hydrogen-bond acceptors (Lipinski definition) is 2. The van der Waals surface area contributed by atoms with E-state index in [1.165, 1.54) is 6.07 Å². The second kappa shape index (κ2) is 3.26. The Morgan fingerprint density at radius 2 is 1.79 bits per heavy atom. The lowest BCUT2D eigenvalue weighted by Crippen LogP contribution is -1.95. The first-order valence-corrected chi connectivity index (χ1v) is 5.20. The van der Waals surface area contributed by atoms with Gasteiger partial charge in [-0.2, -0.15) is 0 Å². The Hall–Kier alpha value is -0.510. The van der Waals surface area contributed by atoms with E-state index in [1.54, 1.807) is 6.07 Å². The molecule has 0 spiro atoms. The fourth-order valence-electron chi connectivity index (χ4n) is 1.33. The number of fused-ring (bicyclic) bond motifs is 1. The normalized spacial score (nSPS) is 14.9. The van der Waals surface area contributed by atoms with E-state index in [0.29, 0.717) is 10.0 Å². The van der Waals surface area contributed by atoms with Gasteiger partial charge < -0.3 is 5.11 Å². The summed E-state index contributed by atoms with van der Waals surface area (Å²) in [7, 11) is 0. The molecule has 1 aromatic rings. The third-order valence-electron chi connectivity index (χ3n) is 1.97. The van der Waals surface area contributed by atoms with Crippen LogP contribution >= 0.6 is 39.1 Å². The van der Waals surface area contributed by atoms with Crippen molar-refractivity contribution in [1.29, 1.82) is 0 Å². The summed E-state index contributed by atoms with van der Waals surface area (Å²) >= 11 is 14.8. The first-order valence-electron chi connectivity index (χ1n) is 3.66. The monoisotopic (exact) mass is 292 g/mol. The quantitative estimate of drug-likeness (QED) is 0.795. The van der Waals surface area contributed by atoms with Gasteiger partial charge in [-0.3, -0.25) is 4.79 Å². The molecule has 1 aliphatic rings. The van der Waals surface area contributed by atoms with Crippen LogP contribution in [0.5, 0.6) is 5.75 Å². The molecule has 2 rings (SSSR count). The van der Waals surface area contributed by atoms with Gasteiger partial charge in [-0.25, -0.2) is 0 Å². The summed E-state index contributed by atoms with van der Waals surface area (Å²) in [4.78, 5) is 11.5. The highest BCUT2D eigenvalue weighted by atomic mass is 79.9. The summed E-state index contributed by atoms with van der Waals surface area (Å²) in [6.45, 7) is 0. The van der Waals surface area contributed by atoms with E-state index in [-0.39, 0.29) is 21.4 Å². The van der Waals surface area contributed by atoms with Gasteiger partial charge in [0.1, 0.15) is 10.8 Å².